The van der Waals surface area contributed by atoms with Gasteiger partial charge in [-0.05, 0) is 30.2 Å². The van der Waals surface area contributed by atoms with Gasteiger partial charge in [0.2, 0.25) is 10.0 Å². The Balaban J connectivity index is 1.55. The van der Waals surface area contributed by atoms with E-state index >= 15 is 0 Å². The van der Waals surface area contributed by atoms with Gasteiger partial charge in [0, 0.05) is 13.1 Å². The van der Waals surface area contributed by atoms with Crippen molar-refractivity contribution < 1.29 is 22.4 Å². The lowest BCUT2D eigenvalue weighted by Gasteiger charge is -2.14. The number of imide groups is 1. The van der Waals surface area contributed by atoms with Crippen molar-refractivity contribution in [3.63, 3.8) is 0 Å². The number of benzene rings is 2. The quantitative estimate of drug-likeness (QED) is 0.744. The third-order valence-electron chi connectivity index (χ3n) is 4.14. The van der Waals surface area contributed by atoms with E-state index in [1.807, 2.05) is 0 Å². The van der Waals surface area contributed by atoms with Gasteiger partial charge in [0.1, 0.15) is 5.82 Å². The smallest absolute Gasteiger partial charge is 0.261 e. The number of hydrogen-bond donors (Lipinski definition) is 1. The van der Waals surface area contributed by atoms with Gasteiger partial charge in [0.05, 0.1) is 16.9 Å². The highest BCUT2D eigenvalue weighted by atomic mass is 32.2. The van der Waals surface area contributed by atoms with Gasteiger partial charge in [0.25, 0.3) is 11.8 Å². The number of rotatable bonds is 7. The van der Waals surface area contributed by atoms with Gasteiger partial charge in [-0.3, -0.25) is 14.5 Å². The first-order valence-electron chi connectivity index (χ1n) is 8.05. The standard InChI is InChI=1S/C18H17FN2O4S/c19-16-8-4-1-5-13(16)9-10-20-26(24,25)12-11-21-17(22)14-6-2-3-7-15(14)18(21)23/h1-8,20H,9-12H2. The SMILES string of the molecule is O=C1c2ccccc2C(=O)N1CCS(=O)(=O)NCCc1ccccc1F. The molecular weight excluding hydrogens is 359 g/mol. The van der Waals surface area contributed by atoms with E-state index in [9.17, 15) is 22.4 Å². The number of hydrogen-bond acceptors (Lipinski definition) is 4. The van der Waals surface area contributed by atoms with Crippen LogP contribution in [0, 0.1) is 5.82 Å². The molecule has 3 rings (SSSR count). The predicted octanol–water partition coefficient (Wildman–Crippen LogP) is 1.58. The van der Waals surface area contributed by atoms with Crippen molar-refractivity contribution in [1.29, 1.82) is 0 Å². The molecule has 136 valence electrons. The highest BCUT2D eigenvalue weighted by molar-refractivity contribution is 7.89. The molecule has 0 aromatic heterocycles. The summed E-state index contributed by atoms with van der Waals surface area (Å²) in [5.41, 5.74) is 0.973. The van der Waals surface area contributed by atoms with Crippen molar-refractivity contribution in [3.05, 3.63) is 71.0 Å². The highest BCUT2D eigenvalue weighted by Crippen LogP contribution is 2.22. The number of amides is 2. The van der Waals surface area contributed by atoms with Gasteiger partial charge in [-0.1, -0.05) is 30.3 Å². The lowest BCUT2D eigenvalue weighted by atomic mass is 10.1. The second kappa shape index (κ2) is 7.35. The monoisotopic (exact) mass is 376 g/mol. The number of carbonyl (C=O) groups is 2. The Morgan fingerprint density at radius 3 is 2.12 bits per heavy atom. The van der Waals surface area contributed by atoms with E-state index in [2.05, 4.69) is 4.72 Å². The molecule has 0 bridgehead atoms. The summed E-state index contributed by atoms with van der Waals surface area (Å²) in [7, 11) is -3.70. The van der Waals surface area contributed by atoms with Crippen molar-refractivity contribution in [1.82, 2.24) is 9.62 Å². The largest absolute Gasteiger partial charge is 0.273 e. The average molecular weight is 376 g/mol. The fourth-order valence-corrected chi connectivity index (χ4v) is 3.75. The Hall–Kier alpha value is -2.58. The zero-order chi connectivity index (χ0) is 18.7. The summed E-state index contributed by atoms with van der Waals surface area (Å²) in [6, 6.07) is 12.5. The van der Waals surface area contributed by atoms with Crippen molar-refractivity contribution in [3.8, 4) is 0 Å². The van der Waals surface area contributed by atoms with E-state index in [0.29, 0.717) is 5.56 Å². The molecule has 1 N–H and O–H groups in total. The topological polar surface area (TPSA) is 83.6 Å². The number of sulfonamides is 1. The summed E-state index contributed by atoms with van der Waals surface area (Å²) in [6.45, 7) is -0.202. The lowest BCUT2D eigenvalue weighted by molar-refractivity contribution is 0.0664. The number of nitrogens with zero attached hydrogens (tertiary/aromatic N) is 1. The van der Waals surface area contributed by atoms with Crippen LogP contribution in [0.2, 0.25) is 0 Å². The van der Waals surface area contributed by atoms with E-state index in [1.54, 1.807) is 30.3 Å². The number of halogens is 1. The zero-order valence-electron chi connectivity index (χ0n) is 13.8. The Bertz CT molecular complexity index is 924. The molecule has 0 unspecified atom stereocenters. The molecule has 1 heterocycles. The van der Waals surface area contributed by atoms with Crippen molar-refractivity contribution in [2.75, 3.05) is 18.8 Å². The Labute approximate surface area is 150 Å². The lowest BCUT2D eigenvalue weighted by Crippen LogP contribution is -2.38. The van der Waals surface area contributed by atoms with Gasteiger partial charge in [-0.15, -0.1) is 0 Å². The Kier molecular flexibility index (Phi) is 5.15. The summed E-state index contributed by atoms with van der Waals surface area (Å²) >= 11 is 0. The third-order valence-corrected chi connectivity index (χ3v) is 5.50. The predicted molar refractivity (Wildman–Crippen MR) is 93.7 cm³/mol. The maximum atomic E-state index is 13.5. The van der Waals surface area contributed by atoms with Crippen LogP contribution in [-0.4, -0.2) is 44.0 Å². The first kappa shape index (κ1) is 18.2. The van der Waals surface area contributed by atoms with Gasteiger partial charge in [-0.25, -0.2) is 17.5 Å². The van der Waals surface area contributed by atoms with Crippen molar-refractivity contribution in [2.24, 2.45) is 0 Å². The highest BCUT2D eigenvalue weighted by Gasteiger charge is 2.35. The maximum absolute atomic E-state index is 13.5. The van der Waals surface area contributed by atoms with E-state index in [-0.39, 0.29) is 30.6 Å². The Morgan fingerprint density at radius 2 is 1.50 bits per heavy atom. The second-order valence-corrected chi connectivity index (χ2v) is 7.79. The molecular formula is C18H17FN2O4S. The summed E-state index contributed by atoms with van der Waals surface area (Å²) in [6.07, 6.45) is 0.207. The molecule has 0 saturated carbocycles. The van der Waals surface area contributed by atoms with Crippen LogP contribution < -0.4 is 4.72 Å². The van der Waals surface area contributed by atoms with E-state index in [0.717, 1.165) is 4.90 Å². The molecule has 0 spiro atoms. The minimum atomic E-state index is -3.70. The minimum Gasteiger partial charge on any atom is -0.273 e. The molecule has 0 atom stereocenters. The molecule has 26 heavy (non-hydrogen) atoms. The molecule has 2 aromatic rings. The number of carbonyl (C=O) groups excluding carboxylic acids is 2. The molecule has 0 radical (unpaired) electrons. The molecule has 0 fully saturated rings. The van der Waals surface area contributed by atoms with Crippen LogP contribution in [0.4, 0.5) is 4.39 Å². The fraction of sp³-hybridized carbons (Fsp3) is 0.222. The summed E-state index contributed by atoms with van der Waals surface area (Å²) in [5.74, 6) is -1.78. The summed E-state index contributed by atoms with van der Waals surface area (Å²) < 4.78 is 40.1. The van der Waals surface area contributed by atoms with Crippen LogP contribution in [0.3, 0.4) is 0 Å². The number of fused-ring (bicyclic) bond motifs is 1. The van der Waals surface area contributed by atoms with E-state index < -0.39 is 33.4 Å². The van der Waals surface area contributed by atoms with Crippen LogP contribution in [-0.2, 0) is 16.4 Å². The van der Waals surface area contributed by atoms with Crippen LogP contribution in [0.15, 0.2) is 48.5 Å². The normalized spacial score (nSPS) is 14.0. The van der Waals surface area contributed by atoms with E-state index in [1.165, 1.54) is 18.2 Å². The van der Waals surface area contributed by atoms with Gasteiger partial charge < -0.3 is 0 Å². The molecule has 1 aliphatic heterocycles. The van der Waals surface area contributed by atoms with Crippen molar-refractivity contribution >= 4 is 21.8 Å². The molecule has 8 heteroatoms. The van der Waals surface area contributed by atoms with Crippen LogP contribution in [0.25, 0.3) is 0 Å². The Morgan fingerprint density at radius 1 is 0.923 bits per heavy atom. The molecule has 0 saturated heterocycles. The third kappa shape index (κ3) is 3.81. The number of nitrogens with one attached hydrogen (secondary N) is 1. The minimum absolute atomic E-state index is 0.0331. The summed E-state index contributed by atoms with van der Waals surface area (Å²) in [4.78, 5) is 25.3. The molecule has 0 aliphatic carbocycles. The summed E-state index contributed by atoms with van der Waals surface area (Å²) in [5, 5.41) is 0. The maximum Gasteiger partial charge on any atom is 0.261 e. The molecule has 2 amide bonds. The van der Waals surface area contributed by atoms with E-state index in [4.69, 9.17) is 0 Å². The second-order valence-electron chi connectivity index (χ2n) is 5.86. The van der Waals surface area contributed by atoms with Crippen LogP contribution >= 0.6 is 0 Å². The van der Waals surface area contributed by atoms with Crippen LogP contribution in [0.1, 0.15) is 26.3 Å². The molecule has 1 aliphatic rings. The fourth-order valence-electron chi connectivity index (χ4n) is 2.77. The van der Waals surface area contributed by atoms with Crippen molar-refractivity contribution in [2.45, 2.75) is 6.42 Å². The average Bonchev–Trinajstić information content (AvgIpc) is 2.86. The van der Waals surface area contributed by atoms with Crippen LogP contribution in [0.5, 0.6) is 0 Å². The van der Waals surface area contributed by atoms with Gasteiger partial charge >= 0.3 is 0 Å². The van der Waals surface area contributed by atoms with Gasteiger partial charge in [-0.2, -0.15) is 0 Å². The molecule has 2 aromatic carbocycles. The first-order valence-corrected chi connectivity index (χ1v) is 9.70. The van der Waals surface area contributed by atoms with Gasteiger partial charge in [0.15, 0.2) is 0 Å². The first-order chi connectivity index (χ1) is 12.4. The zero-order valence-corrected chi connectivity index (χ0v) is 14.6. The molecule has 6 nitrogen and oxygen atoms in total.